The highest BCUT2D eigenvalue weighted by atomic mass is 15.1. The Balaban J connectivity index is 1.30. The van der Waals surface area contributed by atoms with Crippen LogP contribution in [0.25, 0.3) is 132 Å². The molecule has 0 saturated heterocycles. The van der Waals surface area contributed by atoms with E-state index in [2.05, 4.69) is 215 Å². The minimum atomic E-state index is 0.567. The first-order valence-corrected chi connectivity index (χ1v) is 21.8. The fraction of sp³-hybridized carbons (Fsp3) is 0. The summed E-state index contributed by atoms with van der Waals surface area (Å²) >= 11 is 0. The van der Waals surface area contributed by atoms with E-state index in [4.69, 9.17) is 4.98 Å². The first kappa shape index (κ1) is 34.9. The van der Waals surface area contributed by atoms with Crippen LogP contribution in [0.3, 0.4) is 0 Å². The van der Waals surface area contributed by atoms with E-state index in [-0.39, 0.29) is 0 Å². The standard InChI is InChI=1S/C60H34N4/c61-35-47-58(63-48-30-14-27-43-39-23-10-11-24-40(39)44-28-15-31-49(63)55(44)54(43)48)52(37-19-6-2-7-20-37)51(36-17-4-1-5-18-36)53(38-21-8-3-9-22-38)59(47)64-50-32-16-29-45-41-25-12-13-26-42(41)46-33-34-62-60(64)57(46)56(45)50/h1-34H. The van der Waals surface area contributed by atoms with Crippen LogP contribution in [0.1, 0.15) is 5.56 Å². The molecule has 0 N–H and O–H groups in total. The predicted octanol–water partition coefficient (Wildman–Crippen LogP) is 15.6. The van der Waals surface area contributed by atoms with Crippen molar-refractivity contribution in [2.45, 2.75) is 0 Å². The van der Waals surface area contributed by atoms with Crippen molar-refractivity contribution in [1.82, 2.24) is 14.1 Å². The minimum Gasteiger partial charge on any atom is -0.307 e. The average Bonchev–Trinajstić information content (AvgIpc) is 3.89. The van der Waals surface area contributed by atoms with Crippen LogP contribution in [0, 0.1) is 11.3 Å². The molecule has 0 saturated carbocycles. The average molecular weight is 811 g/mol. The zero-order chi connectivity index (χ0) is 42.0. The van der Waals surface area contributed by atoms with Gasteiger partial charge < -0.3 is 4.57 Å². The topological polar surface area (TPSA) is 46.5 Å². The fourth-order valence-electron chi connectivity index (χ4n) is 11.3. The number of fused-ring (bicyclic) bond motifs is 6. The highest BCUT2D eigenvalue weighted by Gasteiger charge is 2.33. The minimum absolute atomic E-state index is 0.567. The number of nitriles is 1. The molecule has 14 rings (SSSR count). The molecule has 0 aliphatic heterocycles. The number of benzene rings is 11. The lowest BCUT2D eigenvalue weighted by atomic mass is 9.82. The maximum absolute atomic E-state index is 12.3. The third kappa shape index (κ3) is 4.52. The Labute approximate surface area is 367 Å². The molecule has 11 aromatic carbocycles. The molecular formula is C60H34N4. The van der Waals surface area contributed by atoms with Crippen molar-refractivity contribution < 1.29 is 0 Å². The Hall–Kier alpha value is -8.78. The molecular weight excluding hydrogens is 777 g/mol. The van der Waals surface area contributed by atoms with E-state index in [1.807, 2.05) is 6.20 Å². The second kappa shape index (κ2) is 13.1. The summed E-state index contributed by atoms with van der Waals surface area (Å²) in [5, 5.41) is 26.5. The van der Waals surface area contributed by atoms with E-state index in [0.29, 0.717) is 5.56 Å². The Morgan fingerprint density at radius 1 is 0.328 bits per heavy atom. The summed E-state index contributed by atoms with van der Waals surface area (Å²) in [6, 6.07) is 74.5. The van der Waals surface area contributed by atoms with Crippen molar-refractivity contribution in [1.29, 1.82) is 5.26 Å². The van der Waals surface area contributed by atoms with Crippen molar-refractivity contribution >= 4 is 86.8 Å². The van der Waals surface area contributed by atoms with Crippen LogP contribution < -0.4 is 0 Å². The van der Waals surface area contributed by atoms with Crippen molar-refractivity contribution in [3.8, 4) is 50.8 Å². The molecule has 3 aromatic heterocycles. The zero-order valence-corrected chi connectivity index (χ0v) is 34.4. The molecule has 0 radical (unpaired) electrons. The number of hydrogen-bond acceptors (Lipinski definition) is 2. The SMILES string of the molecule is N#Cc1c(-n2c3cccc4c5ccccc5c5cccc2c5c43)c(-c2ccccc2)c(-c2ccccc2)c(-c2ccccc2)c1-n1c2cccc3c4ccccc4c4ccnc1c4c32. The predicted molar refractivity (Wildman–Crippen MR) is 266 cm³/mol. The lowest BCUT2D eigenvalue weighted by molar-refractivity contribution is 1.10. The number of hydrogen-bond donors (Lipinski definition) is 0. The van der Waals surface area contributed by atoms with Crippen molar-refractivity contribution in [2.24, 2.45) is 0 Å². The third-order valence-corrected chi connectivity index (χ3v) is 13.7. The van der Waals surface area contributed by atoms with Gasteiger partial charge in [0.25, 0.3) is 0 Å². The Morgan fingerprint density at radius 3 is 1.14 bits per heavy atom. The summed E-state index contributed by atoms with van der Waals surface area (Å²) in [7, 11) is 0. The second-order valence-corrected chi connectivity index (χ2v) is 16.8. The number of nitrogens with zero attached hydrogens (tertiary/aromatic N) is 4. The van der Waals surface area contributed by atoms with Gasteiger partial charge in [-0.3, -0.25) is 4.57 Å². The maximum Gasteiger partial charge on any atom is 0.146 e. The molecule has 294 valence electrons. The first-order chi connectivity index (χ1) is 31.8. The second-order valence-electron chi connectivity index (χ2n) is 16.8. The van der Waals surface area contributed by atoms with Gasteiger partial charge in [-0.2, -0.15) is 5.26 Å². The van der Waals surface area contributed by atoms with Crippen LogP contribution in [-0.4, -0.2) is 14.1 Å². The van der Waals surface area contributed by atoms with Crippen LogP contribution in [0.4, 0.5) is 0 Å². The molecule has 0 atom stereocenters. The molecule has 64 heavy (non-hydrogen) atoms. The lowest BCUT2D eigenvalue weighted by Crippen LogP contribution is -2.11. The molecule has 0 fully saturated rings. The summed E-state index contributed by atoms with van der Waals surface area (Å²) in [5.41, 5.74) is 12.2. The smallest absolute Gasteiger partial charge is 0.146 e. The molecule has 0 unspecified atom stereocenters. The first-order valence-electron chi connectivity index (χ1n) is 21.8. The van der Waals surface area contributed by atoms with Gasteiger partial charge >= 0.3 is 0 Å². The van der Waals surface area contributed by atoms with E-state index in [1.165, 1.54) is 48.5 Å². The van der Waals surface area contributed by atoms with Gasteiger partial charge in [0.15, 0.2) is 0 Å². The van der Waals surface area contributed by atoms with Crippen LogP contribution >= 0.6 is 0 Å². The van der Waals surface area contributed by atoms with Gasteiger partial charge in [-0.15, -0.1) is 0 Å². The fourth-order valence-corrected chi connectivity index (χ4v) is 11.3. The maximum atomic E-state index is 12.3. The van der Waals surface area contributed by atoms with Crippen molar-refractivity contribution in [3.05, 3.63) is 212 Å². The monoisotopic (exact) mass is 810 g/mol. The van der Waals surface area contributed by atoms with Crippen LogP contribution in [0.5, 0.6) is 0 Å². The Bertz CT molecular complexity index is 3810. The summed E-state index contributed by atoms with van der Waals surface area (Å²) in [6.45, 7) is 0. The van der Waals surface area contributed by atoms with Gasteiger partial charge in [0, 0.05) is 44.4 Å². The largest absolute Gasteiger partial charge is 0.307 e. The molecule has 0 bridgehead atoms. The van der Waals surface area contributed by atoms with E-state index < -0.39 is 0 Å². The molecule has 0 aliphatic rings. The van der Waals surface area contributed by atoms with Gasteiger partial charge in [0.1, 0.15) is 17.3 Å². The van der Waals surface area contributed by atoms with E-state index in [9.17, 15) is 5.26 Å². The summed E-state index contributed by atoms with van der Waals surface area (Å²) < 4.78 is 4.72. The molecule has 4 nitrogen and oxygen atoms in total. The number of pyridine rings is 1. The Morgan fingerprint density at radius 2 is 0.688 bits per heavy atom. The highest BCUT2D eigenvalue weighted by molar-refractivity contribution is 6.36. The summed E-state index contributed by atoms with van der Waals surface area (Å²) in [4.78, 5) is 5.29. The van der Waals surface area contributed by atoms with Gasteiger partial charge in [0.05, 0.1) is 27.9 Å². The van der Waals surface area contributed by atoms with Gasteiger partial charge in [0.2, 0.25) is 0 Å². The molecule has 4 heteroatoms. The summed E-state index contributed by atoms with van der Waals surface area (Å²) in [6.07, 6.45) is 1.93. The van der Waals surface area contributed by atoms with Crippen molar-refractivity contribution in [2.75, 3.05) is 0 Å². The molecule has 0 amide bonds. The molecule has 0 aliphatic carbocycles. The summed E-state index contributed by atoms with van der Waals surface area (Å²) in [5.74, 6) is 0. The molecule has 3 heterocycles. The molecule has 0 spiro atoms. The van der Waals surface area contributed by atoms with E-state index >= 15 is 0 Å². The van der Waals surface area contributed by atoms with Crippen LogP contribution in [0.2, 0.25) is 0 Å². The van der Waals surface area contributed by atoms with Crippen LogP contribution in [0.15, 0.2) is 206 Å². The quantitative estimate of drug-likeness (QED) is 0.163. The highest BCUT2D eigenvalue weighted by Crippen LogP contribution is 2.54. The lowest BCUT2D eigenvalue weighted by Gasteiger charge is -2.27. The number of rotatable bonds is 5. The van der Waals surface area contributed by atoms with Gasteiger partial charge in [-0.1, -0.05) is 176 Å². The third-order valence-electron chi connectivity index (χ3n) is 13.7. The Kier molecular flexibility index (Phi) is 7.15. The van der Waals surface area contributed by atoms with E-state index in [0.717, 1.165) is 83.1 Å². The number of aromatic nitrogens is 3. The zero-order valence-electron chi connectivity index (χ0n) is 34.4. The van der Waals surface area contributed by atoms with Crippen LogP contribution in [-0.2, 0) is 0 Å². The van der Waals surface area contributed by atoms with E-state index in [1.54, 1.807) is 0 Å². The van der Waals surface area contributed by atoms with Gasteiger partial charge in [-0.25, -0.2) is 4.98 Å². The normalized spacial score (nSPS) is 12.0. The molecule has 14 aromatic rings. The van der Waals surface area contributed by atoms with Crippen molar-refractivity contribution in [3.63, 3.8) is 0 Å². The van der Waals surface area contributed by atoms with Gasteiger partial charge in [-0.05, 0) is 84.0 Å².